The Morgan fingerprint density at radius 3 is 2.00 bits per heavy atom. The molecular weight excluding hydrogens is 255 g/mol. The van der Waals surface area contributed by atoms with Crippen LogP contribution in [0.25, 0.3) is 0 Å². The number of amides is 1. The number of anilines is 1. The van der Waals surface area contributed by atoms with Gasteiger partial charge in [-0.15, -0.1) is 0 Å². The van der Waals surface area contributed by atoms with Crippen LogP contribution in [0.2, 0.25) is 0 Å². The minimum absolute atomic E-state index is 0.225. The van der Waals surface area contributed by atoms with Gasteiger partial charge in [0.05, 0.1) is 5.56 Å². The van der Waals surface area contributed by atoms with Crippen LogP contribution < -0.4 is 4.90 Å². The van der Waals surface area contributed by atoms with Gasteiger partial charge in [-0.1, -0.05) is 0 Å². The van der Waals surface area contributed by atoms with Crippen LogP contribution in [0.15, 0.2) is 24.3 Å². The average Bonchev–Trinajstić information content (AvgIpc) is 2.15. The highest BCUT2D eigenvalue weighted by atomic mass is 35.5. The average molecular weight is 266 g/mol. The lowest BCUT2D eigenvalue weighted by Crippen LogP contribution is -2.32. The third-order valence-corrected chi connectivity index (χ3v) is 2.36. The molecule has 0 aliphatic heterocycles. The Morgan fingerprint density at radius 1 is 1.24 bits per heavy atom. The van der Waals surface area contributed by atoms with Gasteiger partial charge in [0, 0.05) is 11.7 Å². The molecule has 0 heterocycles. The van der Waals surface area contributed by atoms with Crippen molar-refractivity contribution in [1.29, 1.82) is 0 Å². The monoisotopic (exact) mass is 265 g/mol. The fourth-order valence-electron chi connectivity index (χ4n) is 1.41. The summed E-state index contributed by atoms with van der Waals surface area (Å²) in [6.45, 7) is 3.44. The second-order valence-electron chi connectivity index (χ2n) is 3.76. The maximum atomic E-state index is 12.3. The molecular formula is C11H11ClF3NO. The highest BCUT2D eigenvalue weighted by Crippen LogP contribution is 2.31. The summed E-state index contributed by atoms with van der Waals surface area (Å²) in [7, 11) is 0. The van der Waals surface area contributed by atoms with Crippen LogP contribution in [0.4, 0.5) is 23.7 Å². The second-order valence-corrected chi connectivity index (χ2v) is 4.08. The molecule has 0 unspecified atom stereocenters. The molecule has 0 spiro atoms. The van der Waals surface area contributed by atoms with Gasteiger partial charge >= 0.3 is 11.5 Å². The Bertz CT molecular complexity index is 400. The number of hydrogen-bond donors (Lipinski definition) is 0. The smallest absolute Gasteiger partial charge is 0.296 e. The minimum Gasteiger partial charge on any atom is -0.296 e. The highest BCUT2D eigenvalue weighted by molar-refractivity contribution is 6.66. The summed E-state index contributed by atoms with van der Waals surface area (Å²) in [6.07, 6.45) is -4.38. The lowest BCUT2D eigenvalue weighted by molar-refractivity contribution is -0.137. The van der Waals surface area contributed by atoms with E-state index >= 15 is 0 Å². The van der Waals surface area contributed by atoms with Crippen molar-refractivity contribution in [2.24, 2.45) is 0 Å². The van der Waals surface area contributed by atoms with Crippen LogP contribution in [0.3, 0.4) is 0 Å². The van der Waals surface area contributed by atoms with Crippen LogP contribution >= 0.6 is 11.6 Å². The molecule has 0 radical (unpaired) electrons. The van der Waals surface area contributed by atoms with Crippen molar-refractivity contribution in [3.63, 3.8) is 0 Å². The van der Waals surface area contributed by atoms with E-state index in [4.69, 9.17) is 11.6 Å². The predicted molar refractivity (Wildman–Crippen MR) is 60.3 cm³/mol. The van der Waals surface area contributed by atoms with Crippen molar-refractivity contribution < 1.29 is 18.0 Å². The zero-order valence-corrected chi connectivity index (χ0v) is 10.0. The molecule has 0 saturated carbocycles. The maximum Gasteiger partial charge on any atom is 0.416 e. The van der Waals surface area contributed by atoms with Crippen LogP contribution in [0.1, 0.15) is 19.4 Å². The SMILES string of the molecule is CC(C)N(C(=O)Cl)c1ccc(C(F)(F)F)cc1. The van der Waals surface area contributed by atoms with Gasteiger partial charge in [-0.25, -0.2) is 0 Å². The first-order chi connectivity index (χ1) is 7.73. The molecule has 0 aliphatic carbocycles. The number of carbonyl (C=O) groups is 1. The molecule has 1 aromatic rings. The topological polar surface area (TPSA) is 20.3 Å². The Balaban J connectivity index is 3.05. The second kappa shape index (κ2) is 4.96. The van der Waals surface area contributed by atoms with E-state index < -0.39 is 17.1 Å². The van der Waals surface area contributed by atoms with Gasteiger partial charge in [-0.3, -0.25) is 9.69 Å². The predicted octanol–water partition coefficient (Wildman–Crippen LogP) is 4.28. The van der Waals surface area contributed by atoms with Gasteiger partial charge in [-0.2, -0.15) is 13.2 Å². The third kappa shape index (κ3) is 3.36. The molecule has 1 amide bonds. The van der Waals surface area contributed by atoms with Crippen molar-refractivity contribution in [3.8, 4) is 0 Å². The standard InChI is InChI=1S/C11H11ClF3NO/c1-7(2)16(10(12)17)9-5-3-8(4-6-9)11(13,14)15/h3-7H,1-2H3. The van der Waals surface area contributed by atoms with E-state index in [1.165, 1.54) is 17.0 Å². The first-order valence-electron chi connectivity index (χ1n) is 4.89. The van der Waals surface area contributed by atoms with E-state index in [0.717, 1.165) is 12.1 Å². The fourth-order valence-corrected chi connectivity index (χ4v) is 1.71. The van der Waals surface area contributed by atoms with Gasteiger partial charge in [0.2, 0.25) is 0 Å². The van der Waals surface area contributed by atoms with Gasteiger partial charge in [0.25, 0.3) is 0 Å². The number of benzene rings is 1. The lowest BCUT2D eigenvalue weighted by atomic mass is 10.2. The van der Waals surface area contributed by atoms with Crippen LogP contribution in [-0.4, -0.2) is 11.4 Å². The number of halogens is 4. The van der Waals surface area contributed by atoms with Gasteiger partial charge in [0.1, 0.15) is 0 Å². The summed E-state index contributed by atoms with van der Waals surface area (Å²) in [5.41, 5.74) is -0.417. The van der Waals surface area contributed by atoms with Gasteiger partial charge in [0.15, 0.2) is 0 Å². The van der Waals surface area contributed by atoms with E-state index in [-0.39, 0.29) is 6.04 Å². The summed E-state index contributed by atoms with van der Waals surface area (Å²) < 4.78 is 37.0. The highest BCUT2D eigenvalue weighted by Gasteiger charge is 2.30. The zero-order chi connectivity index (χ0) is 13.2. The third-order valence-electron chi connectivity index (χ3n) is 2.18. The summed E-state index contributed by atoms with van der Waals surface area (Å²) in [5, 5.41) is -0.722. The van der Waals surface area contributed by atoms with Crippen molar-refractivity contribution in [1.82, 2.24) is 0 Å². The lowest BCUT2D eigenvalue weighted by Gasteiger charge is -2.24. The van der Waals surface area contributed by atoms with E-state index in [0.29, 0.717) is 5.69 Å². The molecule has 1 rings (SSSR count). The molecule has 0 N–H and O–H groups in total. The molecule has 0 atom stereocenters. The van der Waals surface area contributed by atoms with E-state index in [1.54, 1.807) is 13.8 Å². The number of hydrogen-bond acceptors (Lipinski definition) is 1. The van der Waals surface area contributed by atoms with E-state index in [2.05, 4.69) is 0 Å². The van der Waals surface area contributed by atoms with Gasteiger partial charge in [-0.05, 0) is 49.7 Å². The van der Waals surface area contributed by atoms with Crippen LogP contribution in [-0.2, 0) is 6.18 Å². The number of carbonyl (C=O) groups excluding carboxylic acids is 1. The van der Waals surface area contributed by atoms with Crippen molar-refractivity contribution in [2.45, 2.75) is 26.1 Å². The maximum absolute atomic E-state index is 12.3. The Hall–Kier alpha value is -1.23. The molecule has 0 fully saturated rings. The first-order valence-corrected chi connectivity index (χ1v) is 5.27. The summed E-state index contributed by atoms with van der Waals surface area (Å²) in [5.74, 6) is 0. The Kier molecular flexibility index (Phi) is 4.03. The largest absolute Gasteiger partial charge is 0.416 e. The molecule has 0 saturated heterocycles. The molecule has 17 heavy (non-hydrogen) atoms. The quantitative estimate of drug-likeness (QED) is 0.577. The molecule has 1 aromatic carbocycles. The number of nitrogens with zero attached hydrogens (tertiary/aromatic N) is 1. The Morgan fingerprint density at radius 2 is 1.71 bits per heavy atom. The fraction of sp³-hybridized carbons (Fsp3) is 0.364. The van der Waals surface area contributed by atoms with Gasteiger partial charge < -0.3 is 0 Å². The summed E-state index contributed by atoms with van der Waals surface area (Å²) >= 11 is 5.37. The first kappa shape index (κ1) is 13.8. The molecule has 0 aliphatic rings. The minimum atomic E-state index is -4.38. The normalized spacial score (nSPS) is 11.7. The van der Waals surface area contributed by atoms with Crippen molar-refractivity contribution in [2.75, 3.05) is 4.90 Å². The van der Waals surface area contributed by atoms with Crippen LogP contribution in [0.5, 0.6) is 0 Å². The summed E-state index contributed by atoms with van der Waals surface area (Å²) in [6, 6.07) is 4.07. The molecule has 0 aromatic heterocycles. The number of alkyl halides is 3. The van der Waals surface area contributed by atoms with E-state index in [9.17, 15) is 18.0 Å². The number of rotatable bonds is 2. The molecule has 6 heteroatoms. The summed E-state index contributed by atoms with van der Waals surface area (Å²) in [4.78, 5) is 12.3. The Labute approximate surface area is 102 Å². The molecule has 94 valence electrons. The molecule has 0 bridgehead atoms. The van der Waals surface area contributed by atoms with E-state index in [1.807, 2.05) is 0 Å². The zero-order valence-electron chi connectivity index (χ0n) is 9.25. The van der Waals surface area contributed by atoms with Crippen LogP contribution in [0, 0.1) is 0 Å². The van der Waals surface area contributed by atoms with Crippen molar-refractivity contribution >= 4 is 22.7 Å². The van der Waals surface area contributed by atoms with Crippen molar-refractivity contribution in [3.05, 3.63) is 29.8 Å². The molecule has 2 nitrogen and oxygen atoms in total.